The van der Waals surface area contributed by atoms with Crippen LogP contribution in [0.3, 0.4) is 0 Å². The fourth-order valence-corrected chi connectivity index (χ4v) is 4.16. The molecule has 0 N–H and O–H groups in total. The van der Waals surface area contributed by atoms with E-state index in [4.69, 9.17) is 14.7 Å². The van der Waals surface area contributed by atoms with E-state index >= 15 is 0 Å². The van der Waals surface area contributed by atoms with Crippen LogP contribution >= 0.6 is 11.3 Å². The molecule has 1 aromatic carbocycles. The molecule has 2 fully saturated rings. The minimum Gasteiger partial charge on any atom is -0.431 e. The molecule has 5 heteroatoms. The summed E-state index contributed by atoms with van der Waals surface area (Å²) in [6, 6.07) is 4.19. The second kappa shape index (κ2) is 7.03. The van der Waals surface area contributed by atoms with Crippen molar-refractivity contribution in [2.75, 3.05) is 13.1 Å². The third-order valence-electron chi connectivity index (χ3n) is 5.54. The van der Waals surface area contributed by atoms with E-state index in [0.29, 0.717) is 0 Å². The molecular weight excluding hydrogens is 342 g/mol. The summed E-state index contributed by atoms with van der Waals surface area (Å²) in [6.07, 6.45) is 8.35. The van der Waals surface area contributed by atoms with Crippen molar-refractivity contribution in [3.63, 3.8) is 0 Å². The molecule has 0 atom stereocenters. The van der Waals surface area contributed by atoms with Crippen LogP contribution in [-0.4, -0.2) is 29.3 Å². The fourth-order valence-electron chi connectivity index (χ4n) is 3.32. The number of piperidine rings is 1. The van der Waals surface area contributed by atoms with E-state index in [1.807, 2.05) is 6.34 Å². The zero-order chi connectivity index (χ0) is 18.1. The van der Waals surface area contributed by atoms with E-state index < -0.39 is 0 Å². The van der Waals surface area contributed by atoms with Crippen LogP contribution < -0.4 is 4.74 Å². The highest BCUT2D eigenvalue weighted by Crippen LogP contribution is 2.48. The smallest absolute Gasteiger partial charge is 0.278 e. The Labute approximate surface area is 159 Å². The Morgan fingerprint density at radius 1 is 1.15 bits per heavy atom. The number of aromatic nitrogens is 1. The van der Waals surface area contributed by atoms with Gasteiger partial charge in [0.25, 0.3) is 5.19 Å². The lowest BCUT2D eigenvalue weighted by molar-refractivity contribution is 0.351. The second-order valence-corrected chi connectivity index (χ2v) is 8.73. The van der Waals surface area contributed by atoms with Gasteiger partial charge in [0, 0.05) is 23.9 Å². The number of aryl methyl sites for hydroxylation is 2. The zero-order valence-corrected chi connectivity index (χ0v) is 16.7. The Balaban J connectivity index is 1.48. The first kappa shape index (κ1) is 17.5. The maximum absolute atomic E-state index is 6.09. The molecule has 4 nitrogen and oxygen atoms in total. The molecule has 26 heavy (non-hydrogen) atoms. The molecule has 1 aromatic heterocycles. The van der Waals surface area contributed by atoms with Crippen molar-refractivity contribution in [1.29, 1.82) is 0 Å². The molecule has 138 valence electrons. The molecule has 0 unspecified atom stereocenters. The maximum Gasteiger partial charge on any atom is 0.278 e. The van der Waals surface area contributed by atoms with Crippen LogP contribution in [0.1, 0.15) is 55.8 Å². The van der Waals surface area contributed by atoms with Gasteiger partial charge in [-0.15, -0.1) is 0 Å². The first-order valence-electron chi connectivity index (χ1n) is 9.57. The van der Waals surface area contributed by atoms with E-state index in [9.17, 15) is 0 Å². The van der Waals surface area contributed by atoms with Crippen molar-refractivity contribution >= 4 is 23.4 Å². The average molecular weight is 370 g/mol. The van der Waals surface area contributed by atoms with Gasteiger partial charge in [0.1, 0.15) is 5.75 Å². The summed E-state index contributed by atoms with van der Waals surface area (Å²) in [4.78, 5) is 11.7. The van der Waals surface area contributed by atoms with Crippen molar-refractivity contribution < 1.29 is 4.74 Å². The van der Waals surface area contributed by atoms with Gasteiger partial charge < -0.3 is 9.64 Å². The maximum atomic E-state index is 6.09. The highest BCUT2D eigenvalue weighted by atomic mass is 32.1. The fraction of sp³-hybridized carbons (Fsp3) is 0.524. The van der Waals surface area contributed by atoms with Crippen molar-refractivity contribution in [1.82, 2.24) is 9.88 Å². The van der Waals surface area contributed by atoms with Crippen LogP contribution in [0.4, 0.5) is 5.69 Å². The van der Waals surface area contributed by atoms with E-state index in [2.05, 4.69) is 43.2 Å². The largest absolute Gasteiger partial charge is 0.431 e. The van der Waals surface area contributed by atoms with Gasteiger partial charge in [-0.2, -0.15) is 0 Å². The molecule has 1 saturated heterocycles. The zero-order valence-electron chi connectivity index (χ0n) is 15.9. The molecule has 0 spiro atoms. The van der Waals surface area contributed by atoms with Crippen molar-refractivity contribution in [2.45, 2.75) is 58.3 Å². The van der Waals surface area contributed by atoms with Gasteiger partial charge in [0.2, 0.25) is 0 Å². The predicted octanol–water partition coefficient (Wildman–Crippen LogP) is 5.75. The van der Waals surface area contributed by atoms with E-state index in [1.54, 1.807) is 11.3 Å². The first-order chi connectivity index (χ1) is 12.5. The van der Waals surface area contributed by atoms with E-state index in [-0.39, 0.29) is 5.41 Å². The number of aliphatic imine (C=N–C) groups is 1. The standard InChI is InChI=1S/C21H27N3OS/c1-15-12-18(25-20-23-19(13-26-20)21(3)7-8-21)16(2)11-17(15)22-14-24-9-5-4-6-10-24/h11-14H,4-10H2,1-3H3/b22-14+. The summed E-state index contributed by atoms with van der Waals surface area (Å²) in [7, 11) is 0. The average Bonchev–Trinajstić information content (AvgIpc) is 3.21. The summed E-state index contributed by atoms with van der Waals surface area (Å²) < 4.78 is 6.09. The van der Waals surface area contributed by atoms with Crippen LogP contribution in [0.2, 0.25) is 0 Å². The molecule has 2 aromatic rings. The minimum atomic E-state index is 0.288. The highest BCUT2D eigenvalue weighted by Gasteiger charge is 2.41. The Morgan fingerprint density at radius 3 is 2.65 bits per heavy atom. The number of hydrogen-bond acceptors (Lipinski definition) is 4. The molecule has 1 aliphatic heterocycles. The van der Waals surface area contributed by atoms with Crippen LogP contribution in [0.15, 0.2) is 22.5 Å². The molecule has 0 bridgehead atoms. The Morgan fingerprint density at radius 2 is 1.92 bits per heavy atom. The monoisotopic (exact) mass is 369 g/mol. The number of likely N-dealkylation sites (tertiary alicyclic amines) is 1. The number of nitrogens with zero attached hydrogens (tertiary/aromatic N) is 3. The third-order valence-corrected chi connectivity index (χ3v) is 6.26. The van der Waals surface area contributed by atoms with Gasteiger partial charge in [-0.25, -0.2) is 9.98 Å². The van der Waals surface area contributed by atoms with Crippen LogP contribution in [0.25, 0.3) is 0 Å². The highest BCUT2D eigenvalue weighted by molar-refractivity contribution is 7.11. The summed E-state index contributed by atoms with van der Waals surface area (Å²) >= 11 is 1.59. The number of hydrogen-bond donors (Lipinski definition) is 0. The van der Waals surface area contributed by atoms with Crippen molar-refractivity contribution in [3.05, 3.63) is 34.3 Å². The van der Waals surface area contributed by atoms with Crippen LogP contribution in [0.5, 0.6) is 10.9 Å². The van der Waals surface area contributed by atoms with Crippen molar-refractivity contribution in [2.24, 2.45) is 4.99 Å². The quantitative estimate of drug-likeness (QED) is 0.497. The molecule has 1 aliphatic carbocycles. The van der Waals surface area contributed by atoms with Crippen LogP contribution in [0, 0.1) is 13.8 Å². The SMILES string of the molecule is Cc1cc(Oc2nc(C3(C)CC3)cs2)c(C)cc1/N=C/N1CCCCC1. The summed E-state index contributed by atoms with van der Waals surface area (Å²) in [5, 5.41) is 2.88. The summed E-state index contributed by atoms with van der Waals surface area (Å²) in [5.74, 6) is 0.876. The van der Waals surface area contributed by atoms with Gasteiger partial charge in [-0.3, -0.25) is 0 Å². The lowest BCUT2D eigenvalue weighted by Crippen LogP contribution is -2.28. The topological polar surface area (TPSA) is 37.7 Å². The van der Waals surface area contributed by atoms with Crippen LogP contribution in [-0.2, 0) is 5.41 Å². The first-order valence-corrected chi connectivity index (χ1v) is 10.4. The van der Waals surface area contributed by atoms with Gasteiger partial charge in [-0.1, -0.05) is 18.3 Å². The molecule has 0 radical (unpaired) electrons. The molecule has 2 aliphatic rings. The number of benzene rings is 1. The Hall–Kier alpha value is -1.88. The number of rotatable bonds is 5. The molecule has 1 saturated carbocycles. The van der Waals surface area contributed by atoms with Gasteiger partial charge in [-0.05, 0) is 69.2 Å². The van der Waals surface area contributed by atoms with Gasteiger partial charge in [0.15, 0.2) is 0 Å². The Bertz CT molecular complexity index is 817. The van der Waals surface area contributed by atoms with E-state index in [1.165, 1.54) is 37.8 Å². The normalized spacial score (nSPS) is 19.1. The Kier molecular flexibility index (Phi) is 4.74. The third kappa shape index (κ3) is 3.78. The molecule has 4 rings (SSSR count). The predicted molar refractivity (Wildman–Crippen MR) is 108 cm³/mol. The van der Waals surface area contributed by atoms with Gasteiger partial charge in [0.05, 0.1) is 17.7 Å². The summed E-state index contributed by atoms with van der Waals surface area (Å²) in [6.45, 7) is 8.68. The molecule has 2 heterocycles. The minimum absolute atomic E-state index is 0.288. The lowest BCUT2D eigenvalue weighted by atomic mass is 10.1. The van der Waals surface area contributed by atoms with Crippen molar-refractivity contribution in [3.8, 4) is 10.9 Å². The molecule has 0 amide bonds. The molecular formula is C21H27N3OS. The summed E-state index contributed by atoms with van der Waals surface area (Å²) in [5.41, 5.74) is 4.71. The van der Waals surface area contributed by atoms with Gasteiger partial charge >= 0.3 is 0 Å². The second-order valence-electron chi connectivity index (χ2n) is 7.91. The number of ether oxygens (including phenoxy) is 1. The van der Waals surface area contributed by atoms with E-state index in [0.717, 1.165) is 40.8 Å². The number of thiazole rings is 1. The lowest BCUT2D eigenvalue weighted by Gasteiger charge is -2.23.